The van der Waals surface area contributed by atoms with E-state index < -0.39 is 11.7 Å². The molecule has 8 heteroatoms. The zero-order chi connectivity index (χ0) is 23.0. The molecule has 2 aromatic carbocycles. The van der Waals surface area contributed by atoms with Gasteiger partial charge in [-0.25, -0.2) is 4.98 Å². The van der Waals surface area contributed by atoms with Gasteiger partial charge in [-0.2, -0.15) is 18.2 Å². The molecule has 32 heavy (non-hydrogen) atoms. The lowest BCUT2D eigenvalue weighted by molar-refractivity contribution is -0.137. The van der Waals surface area contributed by atoms with Gasteiger partial charge in [0.05, 0.1) is 6.61 Å². The number of rotatable bonds is 10. The van der Waals surface area contributed by atoms with Crippen molar-refractivity contribution in [3.63, 3.8) is 0 Å². The minimum atomic E-state index is -4.59. The summed E-state index contributed by atoms with van der Waals surface area (Å²) in [5.74, 6) is 0.405. The highest BCUT2D eigenvalue weighted by Gasteiger charge is 2.35. The largest absolute Gasteiger partial charge is 0.494 e. The van der Waals surface area contributed by atoms with Crippen molar-refractivity contribution in [2.75, 3.05) is 17.2 Å². The first-order valence-electron chi connectivity index (χ1n) is 10.7. The number of benzene rings is 2. The van der Waals surface area contributed by atoms with Gasteiger partial charge in [-0.1, -0.05) is 32.4 Å². The number of hydrogen-bond acceptors (Lipinski definition) is 5. The highest BCUT2D eigenvalue weighted by Crippen LogP contribution is 2.35. The summed E-state index contributed by atoms with van der Waals surface area (Å²) in [7, 11) is 0. The number of aryl methyl sites for hydroxylation is 1. The monoisotopic (exact) mass is 444 g/mol. The number of nitrogens with zero attached hydrogens (tertiary/aromatic N) is 2. The van der Waals surface area contributed by atoms with Crippen LogP contribution in [0.1, 0.15) is 44.2 Å². The second-order valence-electron chi connectivity index (χ2n) is 7.38. The maximum atomic E-state index is 13.5. The predicted molar refractivity (Wildman–Crippen MR) is 121 cm³/mol. The molecule has 2 N–H and O–H groups in total. The van der Waals surface area contributed by atoms with Crippen LogP contribution < -0.4 is 15.4 Å². The Morgan fingerprint density at radius 2 is 1.53 bits per heavy atom. The van der Waals surface area contributed by atoms with Gasteiger partial charge in [-0.3, -0.25) is 0 Å². The van der Waals surface area contributed by atoms with Crippen LogP contribution in [0.5, 0.6) is 5.75 Å². The molecule has 0 atom stereocenters. The molecule has 0 fully saturated rings. The molecule has 0 amide bonds. The van der Waals surface area contributed by atoms with Gasteiger partial charge in [0.2, 0.25) is 5.95 Å². The molecule has 0 aliphatic carbocycles. The van der Waals surface area contributed by atoms with Gasteiger partial charge < -0.3 is 15.4 Å². The van der Waals surface area contributed by atoms with Crippen LogP contribution in [-0.2, 0) is 12.6 Å². The molecule has 5 nitrogen and oxygen atoms in total. The van der Waals surface area contributed by atoms with Crippen LogP contribution in [0, 0.1) is 0 Å². The summed E-state index contributed by atoms with van der Waals surface area (Å²) in [5.41, 5.74) is 1.43. The minimum absolute atomic E-state index is 0.0738. The lowest BCUT2D eigenvalue weighted by Gasteiger charge is -2.15. The maximum Gasteiger partial charge on any atom is 0.421 e. The Morgan fingerprint density at radius 1 is 0.875 bits per heavy atom. The van der Waals surface area contributed by atoms with E-state index in [9.17, 15) is 13.2 Å². The standard InChI is InChI=1S/C24H27F3N4O/c1-3-5-6-17-7-9-19(10-8-17)30-23-28-16-21(24(25,26)27)22(31-23)29-18-11-13-20(14-12-18)32-15-4-2/h7-14,16H,3-6,15H2,1-2H3,(H2,28,29,30,31). The fourth-order valence-electron chi connectivity index (χ4n) is 3.00. The first-order chi connectivity index (χ1) is 15.4. The van der Waals surface area contributed by atoms with Gasteiger partial charge in [0, 0.05) is 17.6 Å². The molecule has 0 saturated carbocycles. The van der Waals surface area contributed by atoms with Crippen LogP contribution in [-0.4, -0.2) is 16.6 Å². The van der Waals surface area contributed by atoms with Crippen molar-refractivity contribution in [1.29, 1.82) is 0 Å². The fourth-order valence-corrected chi connectivity index (χ4v) is 3.00. The number of anilines is 4. The van der Waals surface area contributed by atoms with Crippen molar-refractivity contribution in [3.8, 4) is 5.75 Å². The summed E-state index contributed by atoms with van der Waals surface area (Å²) < 4.78 is 46.0. The van der Waals surface area contributed by atoms with E-state index >= 15 is 0 Å². The Hall–Kier alpha value is -3.29. The number of ether oxygens (including phenoxy) is 1. The molecule has 0 unspecified atom stereocenters. The molecule has 3 rings (SSSR count). The zero-order valence-corrected chi connectivity index (χ0v) is 18.2. The van der Waals surface area contributed by atoms with E-state index in [0.29, 0.717) is 23.7 Å². The Morgan fingerprint density at radius 3 is 2.16 bits per heavy atom. The molecule has 0 radical (unpaired) electrons. The highest BCUT2D eigenvalue weighted by atomic mass is 19.4. The first-order valence-corrected chi connectivity index (χ1v) is 10.7. The van der Waals surface area contributed by atoms with Gasteiger partial charge in [0.15, 0.2) is 0 Å². The zero-order valence-electron chi connectivity index (χ0n) is 18.2. The molecule has 0 spiro atoms. The molecule has 0 bridgehead atoms. The summed E-state index contributed by atoms with van der Waals surface area (Å²) in [5, 5.41) is 5.73. The Bertz CT molecular complexity index is 990. The van der Waals surface area contributed by atoms with Crippen molar-refractivity contribution in [1.82, 2.24) is 9.97 Å². The van der Waals surface area contributed by atoms with Crippen LogP contribution in [0.4, 0.5) is 36.3 Å². The molecule has 0 saturated heterocycles. The first kappa shape index (κ1) is 23.4. The van der Waals surface area contributed by atoms with Crippen molar-refractivity contribution < 1.29 is 17.9 Å². The van der Waals surface area contributed by atoms with Gasteiger partial charge >= 0.3 is 6.18 Å². The van der Waals surface area contributed by atoms with Crippen LogP contribution >= 0.6 is 0 Å². The van der Waals surface area contributed by atoms with E-state index in [1.165, 1.54) is 5.56 Å². The fraction of sp³-hybridized carbons (Fsp3) is 0.333. The normalized spacial score (nSPS) is 11.3. The number of hydrogen-bond donors (Lipinski definition) is 2. The van der Waals surface area contributed by atoms with Crippen LogP contribution in [0.3, 0.4) is 0 Å². The third-order valence-electron chi connectivity index (χ3n) is 4.71. The highest BCUT2D eigenvalue weighted by molar-refractivity contribution is 5.63. The van der Waals surface area contributed by atoms with E-state index in [0.717, 1.165) is 31.9 Å². The second kappa shape index (κ2) is 10.8. The molecule has 1 heterocycles. The van der Waals surface area contributed by atoms with E-state index in [-0.39, 0.29) is 11.8 Å². The van der Waals surface area contributed by atoms with E-state index in [1.54, 1.807) is 24.3 Å². The third kappa shape index (κ3) is 6.60. The van der Waals surface area contributed by atoms with Crippen molar-refractivity contribution in [3.05, 3.63) is 65.9 Å². The Kier molecular flexibility index (Phi) is 7.92. The topological polar surface area (TPSA) is 59.1 Å². The third-order valence-corrected chi connectivity index (χ3v) is 4.71. The lowest BCUT2D eigenvalue weighted by Crippen LogP contribution is -2.12. The summed E-state index contributed by atoms with van der Waals surface area (Å²) >= 11 is 0. The lowest BCUT2D eigenvalue weighted by atomic mass is 10.1. The number of alkyl halides is 3. The SMILES string of the molecule is CCCCc1ccc(Nc2ncc(C(F)(F)F)c(Nc3ccc(OCCC)cc3)n2)cc1. The van der Waals surface area contributed by atoms with Crippen LogP contribution in [0.15, 0.2) is 54.7 Å². The molecule has 3 aromatic rings. The van der Waals surface area contributed by atoms with Crippen molar-refractivity contribution in [2.45, 2.75) is 45.7 Å². The number of unbranched alkanes of at least 4 members (excludes halogenated alkanes) is 1. The van der Waals surface area contributed by atoms with Gasteiger partial charge in [0.25, 0.3) is 0 Å². The van der Waals surface area contributed by atoms with E-state index in [1.807, 2.05) is 31.2 Å². The number of nitrogens with one attached hydrogen (secondary N) is 2. The van der Waals surface area contributed by atoms with E-state index in [2.05, 4.69) is 27.5 Å². The smallest absolute Gasteiger partial charge is 0.421 e. The molecule has 170 valence electrons. The van der Waals surface area contributed by atoms with E-state index in [4.69, 9.17) is 4.74 Å². The Labute approximate surface area is 186 Å². The van der Waals surface area contributed by atoms with Crippen LogP contribution in [0.25, 0.3) is 0 Å². The maximum absolute atomic E-state index is 13.5. The number of aromatic nitrogens is 2. The molecular formula is C24H27F3N4O. The molecule has 0 aliphatic heterocycles. The average molecular weight is 445 g/mol. The second-order valence-corrected chi connectivity index (χ2v) is 7.38. The summed E-state index contributed by atoms with van der Waals surface area (Å²) in [6.07, 6.45) is 0.272. The molecule has 0 aliphatic rings. The minimum Gasteiger partial charge on any atom is -0.494 e. The van der Waals surface area contributed by atoms with Crippen molar-refractivity contribution >= 4 is 23.1 Å². The summed E-state index contributed by atoms with van der Waals surface area (Å²) in [4.78, 5) is 7.95. The average Bonchev–Trinajstić information content (AvgIpc) is 2.77. The molecular weight excluding hydrogens is 417 g/mol. The predicted octanol–water partition coefficient (Wildman–Crippen LogP) is 7.11. The quantitative estimate of drug-likeness (QED) is 0.349. The Balaban J connectivity index is 1.79. The van der Waals surface area contributed by atoms with Crippen LogP contribution in [0.2, 0.25) is 0 Å². The van der Waals surface area contributed by atoms with Crippen molar-refractivity contribution in [2.24, 2.45) is 0 Å². The van der Waals surface area contributed by atoms with Gasteiger partial charge in [-0.05, 0) is 61.2 Å². The molecule has 1 aromatic heterocycles. The summed E-state index contributed by atoms with van der Waals surface area (Å²) in [6.45, 7) is 4.71. The van der Waals surface area contributed by atoms with Gasteiger partial charge in [-0.15, -0.1) is 0 Å². The van der Waals surface area contributed by atoms with Gasteiger partial charge in [0.1, 0.15) is 17.1 Å². The number of halogens is 3. The summed E-state index contributed by atoms with van der Waals surface area (Å²) in [6, 6.07) is 14.4.